The Labute approximate surface area is 117 Å². The highest BCUT2D eigenvalue weighted by Gasteiger charge is 2.26. The molecule has 1 aliphatic heterocycles. The van der Waals surface area contributed by atoms with Gasteiger partial charge in [-0.1, -0.05) is 24.3 Å². The van der Waals surface area contributed by atoms with Crippen LogP contribution in [0.25, 0.3) is 0 Å². The maximum Gasteiger partial charge on any atom is 0.0995 e. The number of benzene rings is 1. The zero-order chi connectivity index (χ0) is 13.1. The minimum Gasteiger partial charge on any atom is -0.291 e. The van der Waals surface area contributed by atoms with Crippen LogP contribution in [0.2, 0.25) is 0 Å². The minimum atomic E-state index is 0.534. The zero-order valence-electron chi connectivity index (χ0n) is 10.7. The van der Waals surface area contributed by atoms with Gasteiger partial charge in [0.2, 0.25) is 0 Å². The van der Waals surface area contributed by atoms with Crippen molar-refractivity contribution in [2.45, 2.75) is 25.4 Å². The Morgan fingerprint density at radius 2 is 2.16 bits per heavy atom. The molecule has 96 valence electrons. The second-order valence-electron chi connectivity index (χ2n) is 4.91. The van der Waals surface area contributed by atoms with Crippen molar-refractivity contribution in [2.75, 3.05) is 6.54 Å². The van der Waals surface area contributed by atoms with Crippen LogP contribution in [0.3, 0.4) is 0 Å². The van der Waals surface area contributed by atoms with E-state index in [1.54, 1.807) is 0 Å². The van der Waals surface area contributed by atoms with E-state index in [4.69, 9.17) is 0 Å². The van der Waals surface area contributed by atoms with E-state index in [0.29, 0.717) is 6.04 Å². The first-order valence-corrected chi connectivity index (χ1v) is 7.52. The van der Waals surface area contributed by atoms with E-state index in [1.807, 2.05) is 29.5 Å². The van der Waals surface area contributed by atoms with Crippen molar-refractivity contribution in [1.82, 2.24) is 4.90 Å². The maximum atomic E-state index is 9.18. The van der Waals surface area contributed by atoms with Gasteiger partial charge in [0.15, 0.2) is 0 Å². The summed E-state index contributed by atoms with van der Waals surface area (Å²) in [5.74, 6) is 0. The topological polar surface area (TPSA) is 27.0 Å². The van der Waals surface area contributed by atoms with Gasteiger partial charge >= 0.3 is 0 Å². The monoisotopic (exact) mass is 268 g/mol. The molecule has 1 aliphatic rings. The van der Waals surface area contributed by atoms with Gasteiger partial charge in [0, 0.05) is 17.5 Å². The fraction of sp³-hybridized carbons (Fsp3) is 0.312. The molecule has 2 aromatic rings. The Morgan fingerprint density at radius 1 is 1.26 bits per heavy atom. The first-order valence-electron chi connectivity index (χ1n) is 6.64. The Hall–Kier alpha value is -1.63. The van der Waals surface area contributed by atoms with Gasteiger partial charge in [-0.3, -0.25) is 4.90 Å². The lowest BCUT2D eigenvalue weighted by Gasteiger charge is -2.24. The summed E-state index contributed by atoms with van der Waals surface area (Å²) < 4.78 is 0. The molecule has 1 aromatic carbocycles. The van der Waals surface area contributed by atoms with E-state index in [0.717, 1.165) is 24.2 Å². The van der Waals surface area contributed by atoms with Gasteiger partial charge in [-0.25, -0.2) is 0 Å². The van der Waals surface area contributed by atoms with E-state index in [2.05, 4.69) is 34.5 Å². The maximum absolute atomic E-state index is 9.18. The van der Waals surface area contributed by atoms with Crippen LogP contribution in [0.4, 0.5) is 0 Å². The molecule has 0 bridgehead atoms. The number of hydrogen-bond donors (Lipinski definition) is 0. The van der Waals surface area contributed by atoms with Crippen LogP contribution in [0.1, 0.15) is 34.9 Å². The number of hydrogen-bond acceptors (Lipinski definition) is 3. The Kier molecular flexibility index (Phi) is 3.63. The van der Waals surface area contributed by atoms with Crippen LogP contribution in [0.15, 0.2) is 41.8 Å². The molecule has 2 heterocycles. The summed E-state index contributed by atoms with van der Waals surface area (Å²) >= 11 is 1.84. The zero-order valence-corrected chi connectivity index (χ0v) is 11.6. The SMILES string of the molecule is N#Cc1ccccc1CN1CCCC1c1cccs1. The summed E-state index contributed by atoms with van der Waals surface area (Å²) in [6.45, 7) is 2.01. The molecule has 0 aliphatic carbocycles. The molecule has 1 aromatic heterocycles. The van der Waals surface area contributed by atoms with E-state index >= 15 is 0 Å². The molecule has 19 heavy (non-hydrogen) atoms. The second kappa shape index (κ2) is 5.56. The fourth-order valence-corrected chi connectivity index (χ4v) is 3.70. The fourth-order valence-electron chi connectivity index (χ4n) is 2.80. The molecule has 3 rings (SSSR count). The van der Waals surface area contributed by atoms with Crippen LogP contribution in [0.5, 0.6) is 0 Å². The average Bonchev–Trinajstić information content (AvgIpc) is 3.09. The van der Waals surface area contributed by atoms with Gasteiger partial charge in [0.1, 0.15) is 0 Å². The summed E-state index contributed by atoms with van der Waals surface area (Å²) in [5, 5.41) is 11.3. The van der Waals surface area contributed by atoms with Gasteiger partial charge in [-0.05, 0) is 42.5 Å². The van der Waals surface area contributed by atoms with Gasteiger partial charge in [0.05, 0.1) is 11.6 Å². The molecule has 0 amide bonds. The lowest BCUT2D eigenvalue weighted by atomic mass is 10.1. The van der Waals surface area contributed by atoms with E-state index < -0.39 is 0 Å². The van der Waals surface area contributed by atoms with Gasteiger partial charge in [-0.15, -0.1) is 11.3 Å². The van der Waals surface area contributed by atoms with Crippen molar-refractivity contribution in [3.05, 3.63) is 57.8 Å². The third-order valence-corrected chi connectivity index (χ3v) is 4.72. The molecule has 1 atom stereocenters. The average molecular weight is 268 g/mol. The third-order valence-electron chi connectivity index (χ3n) is 3.75. The molecule has 0 N–H and O–H groups in total. The molecule has 3 heteroatoms. The number of rotatable bonds is 3. The highest BCUT2D eigenvalue weighted by atomic mass is 32.1. The van der Waals surface area contributed by atoms with Crippen molar-refractivity contribution in [3.8, 4) is 6.07 Å². The minimum absolute atomic E-state index is 0.534. The van der Waals surface area contributed by atoms with Crippen LogP contribution in [-0.2, 0) is 6.54 Å². The van der Waals surface area contributed by atoms with Crippen molar-refractivity contribution >= 4 is 11.3 Å². The quantitative estimate of drug-likeness (QED) is 0.842. The van der Waals surface area contributed by atoms with Crippen LogP contribution in [-0.4, -0.2) is 11.4 Å². The lowest BCUT2D eigenvalue weighted by Crippen LogP contribution is -2.22. The summed E-state index contributed by atoms with van der Waals surface area (Å²) in [7, 11) is 0. The molecular weight excluding hydrogens is 252 g/mol. The second-order valence-corrected chi connectivity index (χ2v) is 5.89. The highest BCUT2D eigenvalue weighted by molar-refractivity contribution is 7.10. The molecule has 1 unspecified atom stereocenters. The standard InChI is InChI=1S/C16H16N2S/c17-11-13-5-1-2-6-14(13)12-18-9-3-7-15(18)16-8-4-10-19-16/h1-2,4-6,8,10,15H,3,7,9,12H2. The summed E-state index contributed by atoms with van der Waals surface area (Å²) in [5.41, 5.74) is 1.95. The van der Waals surface area contributed by atoms with Crippen molar-refractivity contribution in [2.24, 2.45) is 0 Å². The first-order chi connectivity index (χ1) is 9.38. The Morgan fingerprint density at radius 3 is 2.95 bits per heavy atom. The lowest BCUT2D eigenvalue weighted by molar-refractivity contribution is 0.251. The van der Waals surface area contributed by atoms with Crippen LogP contribution >= 0.6 is 11.3 Å². The van der Waals surface area contributed by atoms with Crippen molar-refractivity contribution in [3.63, 3.8) is 0 Å². The smallest absolute Gasteiger partial charge is 0.0995 e. The van der Waals surface area contributed by atoms with Gasteiger partial charge in [-0.2, -0.15) is 5.26 Å². The summed E-state index contributed by atoms with van der Waals surface area (Å²) in [6.07, 6.45) is 2.48. The predicted octanol–water partition coefficient (Wildman–Crippen LogP) is 3.96. The summed E-state index contributed by atoms with van der Waals surface area (Å²) in [4.78, 5) is 3.95. The van der Waals surface area contributed by atoms with E-state index in [1.165, 1.54) is 17.7 Å². The van der Waals surface area contributed by atoms with Crippen molar-refractivity contribution < 1.29 is 0 Å². The molecule has 1 saturated heterocycles. The van der Waals surface area contributed by atoms with E-state index in [-0.39, 0.29) is 0 Å². The number of thiophene rings is 1. The third kappa shape index (κ3) is 2.56. The number of nitrogens with zero attached hydrogens (tertiary/aromatic N) is 2. The van der Waals surface area contributed by atoms with Crippen LogP contribution in [0, 0.1) is 11.3 Å². The first kappa shape index (κ1) is 12.4. The predicted molar refractivity (Wildman–Crippen MR) is 77.9 cm³/mol. The van der Waals surface area contributed by atoms with Gasteiger partial charge in [0.25, 0.3) is 0 Å². The molecule has 2 nitrogen and oxygen atoms in total. The number of likely N-dealkylation sites (tertiary alicyclic amines) is 1. The van der Waals surface area contributed by atoms with Crippen molar-refractivity contribution in [1.29, 1.82) is 5.26 Å². The molecule has 0 spiro atoms. The number of nitriles is 1. The summed E-state index contributed by atoms with van der Waals surface area (Å²) in [6, 6.07) is 15.1. The van der Waals surface area contributed by atoms with Gasteiger partial charge < -0.3 is 0 Å². The molecular formula is C16H16N2S. The molecule has 0 radical (unpaired) electrons. The normalized spacial score (nSPS) is 19.4. The highest BCUT2D eigenvalue weighted by Crippen LogP contribution is 2.35. The molecule has 0 saturated carbocycles. The Bertz CT molecular complexity index is 583. The van der Waals surface area contributed by atoms with Crippen LogP contribution < -0.4 is 0 Å². The Balaban J connectivity index is 1.81. The molecule has 1 fully saturated rings. The van der Waals surface area contributed by atoms with E-state index in [9.17, 15) is 5.26 Å². The largest absolute Gasteiger partial charge is 0.291 e.